The molecule has 0 aromatic rings. The van der Waals surface area contributed by atoms with Crippen LogP contribution in [0.4, 0.5) is 0 Å². The molecule has 1 fully saturated rings. The maximum absolute atomic E-state index is 10.9. The van der Waals surface area contributed by atoms with Crippen molar-refractivity contribution in [3.05, 3.63) is 0 Å². The Morgan fingerprint density at radius 1 is 1.60 bits per heavy atom. The summed E-state index contributed by atoms with van der Waals surface area (Å²) < 4.78 is 0. The molecule has 4 heteroatoms. The molecule has 1 aliphatic heterocycles. The second kappa shape index (κ2) is 4.94. The average Bonchev–Trinajstić information content (AvgIpc) is 2.51. The number of carboxylic acids is 1. The van der Waals surface area contributed by atoms with Gasteiger partial charge in [0.05, 0.1) is 5.41 Å². The molecule has 0 amide bonds. The number of hydrogen-bond acceptors (Lipinski definition) is 3. The van der Waals surface area contributed by atoms with Gasteiger partial charge in [-0.15, -0.1) is 0 Å². The summed E-state index contributed by atoms with van der Waals surface area (Å²) in [5.41, 5.74) is -0.662. The van der Waals surface area contributed by atoms with Crippen molar-refractivity contribution in [2.75, 3.05) is 33.2 Å². The largest absolute Gasteiger partial charge is 0.481 e. The Morgan fingerprint density at radius 3 is 2.73 bits per heavy atom. The van der Waals surface area contributed by atoms with Gasteiger partial charge in [0, 0.05) is 13.1 Å². The van der Waals surface area contributed by atoms with E-state index in [2.05, 4.69) is 17.3 Å². The van der Waals surface area contributed by atoms with E-state index in [1.807, 2.05) is 0 Å². The highest BCUT2D eigenvalue weighted by Crippen LogP contribution is 2.15. The molecule has 1 aliphatic rings. The number of aliphatic carboxylic acids is 1. The molecular formula is C11H22N2O2. The van der Waals surface area contributed by atoms with E-state index in [1.54, 1.807) is 13.8 Å². The summed E-state index contributed by atoms with van der Waals surface area (Å²) in [5.74, 6) is -0.0573. The van der Waals surface area contributed by atoms with Crippen LogP contribution in [0.2, 0.25) is 0 Å². The Morgan fingerprint density at radius 2 is 2.27 bits per heavy atom. The molecule has 1 atom stereocenters. The monoisotopic (exact) mass is 214 g/mol. The van der Waals surface area contributed by atoms with E-state index in [4.69, 9.17) is 5.11 Å². The molecule has 0 aliphatic carbocycles. The van der Waals surface area contributed by atoms with E-state index in [1.165, 1.54) is 6.42 Å². The minimum Gasteiger partial charge on any atom is -0.481 e. The first-order chi connectivity index (χ1) is 6.92. The predicted molar refractivity (Wildman–Crippen MR) is 59.9 cm³/mol. The second-order valence-electron chi connectivity index (χ2n) is 5.24. The van der Waals surface area contributed by atoms with Gasteiger partial charge in [0.25, 0.3) is 0 Å². The van der Waals surface area contributed by atoms with Gasteiger partial charge in [-0.25, -0.2) is 0 Å². The molecule has 0 spiro atoms. The van der Waals surface area contributed by atoms with Crippen molar-refractivity contribution in [2.45, 2.75) is 20.3 Å². The fourth-order valence-corrected chi connectivity index (χ4v) is 1.86. The molecule has 0 aromatic carbocycles. The third-order valence-electron chi connectivity index (χ3n) is 3.07. The van der Waals surface area contributed by atoms with Crippen molar-refractivity contribution in [3.8, 4) is 0 Å². The lowest BCUT2D eigenvalue weighted by Crippen LogP contribution is -2.38. The first-order valence-electron chi connectivity index (χ1n) is 5.54. The van der Waals surface area contributed by atoms with Gasteiger partial charge in [0.2, 0.25) is 0 Å². The molecule has 1 rings (SSSR count). The second-order valence-corrected chi connectivity index (χ2v) is 5.24. The number of likely N-dealkylation sites (tertiary alicyclic amines) is 1. The van der Waals surface area contributed by atoms with E-state index in [9.17, 15) is 4.79 Å². The lowest BCUT2D eigenvalue weighted by molar-refractivity contribution is -0.146. The first-order valence-corrected chi connectivity index (χ1v) is 5.54. The molecule has 2 N–H and O–H groups in total. The van der Waals surface area contributed by atoms with Crippen molar-refractivity contribution in [1.82, 2.24) is 10.2 Å². The maximum atomic E-state index is 10.9. The Kier molecular flexibility index (Phi) is 4.11. The highest BCUT2D eigenvalue weighted by Gasteiger charge is 2.27. The Hall–Kier alpha value is -0.610. The van der Waals surface area contributed by atoms with E-state index in [0.29, 0.717) is 12.5 Å². The molecule has 0 radical (unpaired) electrons. The zero-order valence-electron chi connectivity index (χ0n) is 9.92. The van der Waals surface area contributed by atoms with Gasteiger partial charge in [-0.2, -0.15) is 0 Å². The third kappa shape index (κ3) is 3.80. The van der Waals surface area contributed by atoms with E-state index >= 15 is 0 Å². The summed E-state index contributed by atoms with van der Waals surface area (Å²) in [6.07, 6.45) is 1.22. The van der Waals surface area contributed by atoms with Crippen LogP contribution in [0, 0.1) is 11.3 Å². The Balaban J connectivity index is 2.19. The van der Waals surface area contributed by atoms with Gasteiger partial charge in [0.15, 0.2) is 0 Å². The maximum Gasteiger partial charge on any atom is 0.310 e. The fraction of sp³-hybridized carbons (Fsp3) is 0.909. The molecule has 0 bridgehead atoms. The third-order valence-corrected chi connectivity index (χ3v) is 3.07. The summed E-state index contributed by atoms with van der Waals surface area (Å²) >= 11 is 0. The van der Waals surface area contributed by atoms with Crippen LogP contribution in [-0.2, 0) is 4.79 Å². The molecule has 15 heavy (non-hydrogen) atoms. The van der Waals surface area contributed by atoms with Crippen LogP contribution in [0.5, 0.6) is 0 Å². The Bertz CT molecular complexity index is 229. The molecule has 1 saturated heterocycles. The van der Waals surface area contributed by atoms with Gasteiger partial charge < -0.3 is 15.3 Å². The summed E-state index contributed by atoms with van der Waals surface area (Å²) in [5, 5.41) is 12.2. The molecule has 88 valence electrons. The highest BCUT2D eigenvalue weighted by molar-refractivity contribution is 5.73. The topological polar surface area (TPSA) is 52.6 Å². The van der Waals surface area contributed by atoms with Gasteiger partial charge in [-0.1, -0.05) is 0 Å². The zero-order chi connectivity index (χ0) is 11.5. The van der Waals surface area contributed by atoms with Crippen molar-refractivity contribution < 1.29 is 9.90 Å². The van der Waals surface area contributed by atoms with Crippen LogP contribution in [0.25, 0.3) is 0 Å². The minimum atomic E-state index is -0.737. The van der Waals surface area contributed by atoms with Crippen LogP contribution in [0.1, 0.15) is 20.3 Å². The standard InChI is InChI=1S/C11H22N2O2/c1-11(2,10(14)15)8-12-6-9-4-5-13(3)7-9/h9,12H,4-8H2,1-3H3,(H,14,15). The number of nitrogens with zero attached hydrogens (tertiary/aromatic N) is 1. The van der Waals surface area contributed by atoms with E-state index in [0.717, 1.165) is 19.6 Å². The van der Waals surface area contributed by atoms with Crippen LogP contribution in [-0.4, -0.2) is 49.2 Å². The lowest BCUT2D eigenvalue weighted by Gasteiger charge is -2.21. The summed E-state index contributed by atoms with van der Waals surface area (Å²) in [7, 11) is 2.13. The van der Waals surface area contributed by atoms with Crippen LogP contribution < -0.4 is 5.32 Å². The quantitative estimate of drug-likeness (QED) is 0.705. The average molecular weight is 214 g/mol. The number of carbonyl (C=O) groups is 1. The minimum absolute atomic E-state index is 0.544. The Labute approximate surface area is 91.6 Å². The van der Waals surface area contributed by atoms with Gasteiger partial charge in [0.1, 0.15) is 0 Å². The number of carboxylic acid groups (broad SMARTS) is 1. The van der Waals surface area contributed by atoms with Crippen molar-refractivity contribution in [2.24, 2.45) is 11.3 Å². The van der Waals surface area contributed by atoms with E-state index < -0.39 is 11.4 Å². The molecule has 4 nitrogen and oxygen atoms in total. The highest BCUT2D eigenvalue weighted by atomic mass is 16.4. The van der Waals surface area contributed by atoms with Crippen LogP contribution in [0.15, 0.2) is 0 Å². The molecule has 0 aromatic heterocycles. The SMILES string of the molecule is CN1CCC(CNCC(C)(C)C(=O)O)C1. The van der Waals surface area contributed by atoms with Gasteiger partial charge in [-0.3, -0.25) is 4.79 Å². The fourth-order valence-electron chi connectivity index (χ4n) is 1.86. The lowest BCUT2D eigenvalue weighted by atomic mass is 9.93. The summed E-state index contributed by atoms with van der Waals surface area (Å²) in [6.45, 7) is 7.27. The van der Waals surface area contributed by atoms with Gasteiger partial charge >= 0.3 is 5.97 Å². The van der Waals surface area contributed by atoms with E-state index in [-0.39, 0.29) is 0 Å². The molecule has 0 saturated carbocycles. The zero-order valence-corrected chi connectivity index (χ0v) is 9.92. The van der Waals surface area contributed by atoms with Crippen molar-refractivity contribution in [1.29, 1.82) is 0 Å². The van der Waals surface area contributed by atoms with Crippen molar-refractivity contribution in [3.63, 3.8) is 0 Å². The van der Waals surface area contributed by atoms with Crippen LogP contribution in [0.3, 0.4) is 0 Å². The number of nitrogens with one attached hydrogen (secondary N) is 1. The number of rotatable bonds is 5. The number of hydrogen-bond donors (Lipinski definition) is 2. The molecule has 1 heterocycles. The smallest absolute Gasteiger partial charge is 0.310 e. The van der Waals surface area contributed by atoms with Gasteiger partial charge in [-0.05, 0) is 46.3 Å². The van der Waals surface area contributed by atoms with Crippen LogP contribution >= 0.6 is 0 Å². The van der Waals surface area contributed by atoms with Crippen molar-refractivity contribution >= 4 is 5.97 Å². The molecule has 1 unspecified atom stereocenters. The summed E-state index contributed by atoms with van der Waals surface area (Å²) in [6, 6.07) is 0. The normalized spacial score (nSPS) is 23.3. The molecular weight excluding hydrogens is 192 g/mol. The summed E-state index contributed by atoms with van der Waals surface area (Å²) in [4.78, 5) is 13.2. The first kappa shape index (κ1) is 12.5. The predicted octanol–water partition coefficient (Wildman–Crippen LogP) is 0.639.